The second-order valence-corrected chi connectivity index (χ2v) is 5.89. The van der Waals surface area contributed by atoms with Gasteiger partial charge in [-0.2, -0.15) is 15.1 Å². The normalized spacial score (nSPS) is 10.6. The number of amides is 1. The van der Waals surface area contributed by atoms with E-state index in [1.165, 1.54) is 20.4 Å². The number of methoxy groups -OCH3 is 2. The van der Waals surface area contributed by atoms with Crippen LogP contribution in [0, 0.1) is 6.92 Å². The third-order valence-electron chi connectivity index (χ3n) is 3.96. The number of hydrogen-bond acceptors (Lipinski definition) is 7. The first-order valence-corrected chi connectivity index (χ1v) is 8.73. The fourth-order valence-electron chi connectivity index (χ4n) is 2.47. The molecular formula is C21H20N4O4. The highest BCUT2D eigenvalue weighted by atomic mass is 16.5. The van der Waals surface area contributed by atoms with Gasteiger partial charge in [0.1, 0.15) is 5.75 Å². The monoisotopic (exact) mass is 392 g/mol. The minimum absolute atomic E-state index is 0.0611. The highest BCUT2D eigenvalue weighted by Crippen LogP contribution is 2.25. The van der Waals surface area contributed by atoms with Crippen LogP contribution in [0.4, 0.5) is 0 Å². The number of aromatic nitrogens is 2. The third-order valence-corrected chi connectivity index (χ3v) is 3.96. The van der Waals surface area contributed by atoms with Crippen LogP contribution in [0.25, 0.3) is 0 Å². The van der Waals surface area contributed by atoms with Gasteiger partial charge in [-0.25, -0.2) is 5.43 Å². The quantitative estimate of drug-likeness (QED) is 0.489. The number of hydrogen-bond donors (Lipinski definition) is 1. The van der Waals surface area contributed by atoms with E-state index in [4.69, 9.17) is 14.2 Å². The first-order valence-electron chi connectivity index (χ1n) is 8.73. The van der Waals surface area contributed by atoms with Crippen molar-refractivity contribution in [3.63, 3.8) is 0 Å². The summed E-state index contributed by atoms with van der Waals surface area (Å²) in [6.45, 7) is 1.87. The average molecular weight is 392 g/mol. The Bertz CT molecular complexity index is 1010. The zero-order valence-corrected chi connectivity index (χ0v) is 16.2. The number of benzene rings is 2. The van der Waals surface area contributed by atoms with Crippen molar-refractivity contribution in [2.45, 2.75) is 6.92 Å². The molecule has 0 aliphatic rings. The van der Waals surface area contributed by atoms with Crippen LogP contribution in [-0.2, 0) is 0 Å². The summed E-state index contributed by atoms with van der Waals surface area (Å²) in [5.74, 6) is 0.780. The third kappa shape index (κ3) is 5.07. The smallest absolute Gasteiger partial charge is 0.328 e. The number of para-hydroxylation sites is 1. The zero-order valence-electron chi connectivity index (χ0n) is 16.2. The first-order chi connectivity index (χ1) is 14.1. The Morgan fingerprint density at radius 2 is 1.66 bits per heavy atom. The van der Waals surface area contributed by atoms with Gasteiger partial charge in [-0.3, -0.25) is 4.79 Å². The van der Waals surface area contributed by atoms with Crippen LogP contribution < -0.4 is 19.6 Å². The summed E-state index contributed by atoms with van der Waals surface area (Å²) < 4.78 is 16.0. The van der Waals surface area contributed by atoms with Gasteiger partial charge in [-0.15, -0.1) is 0 Å². The lowest BCUT2D eigenvalue weighted by atomic mass is 10.1. The molecule has 3 aromatic rings. The van der Waals surface area contributed by atoms with Gasteiger partial charge >= 0.3 is 6.01 Å². The number of carbonyl (C=O) groups excluding carboxylic acids is 1. The Kier molecular flexibility index (Phi) is 6.36. The molecule has 1 aromatic heterocycles. The molecular weight excluding hydrogens is 372 g/mol. The molecule has 2 aromatic carbocycles. The van der Waals surface area contributed by atoms with Crippen molar-refractivity contribution in [2.75, 3.05) is 14.2 Å². The lowest BCUT2D eigenvalue weighted by Gasteiger charge is -2.09. The molecule has 0 saturated heterocycles. The zero-order chi connectivity index (χ0) is 20.6. The number of carbonyl (C=O) groups is 1. The number of hydrazone groups is 1. The molecule has 0 aliphatic carbocycles. The van der Waals surface area contributed by atoms with Crippen LogP contribution in [0.15, 0.2) is 59.7 Å². The molecule has 0 aliphatic heterocycles. The summed E-state index contributed by atoms with van der Waals surface area (Å²) in [6.07, 6.45) is 1.49. The molecule has 0 fully saturated rings. The van der Waals surface area contributed by atoms with Gasteiger partial charge < -0.3 is 14.2 Å². The predicted molar refractivity (Wildman–Crippen MR) is 108 cm³/mol. The molecule has 1 amide bonds. The molecule has 0 unspecified atom stereocenters. The summed E-state index contributed by atoms with van der Waals surface area (Å²) in [6, 6.07) is 16.0. The van der Waals surface area contributed by atoms with E-state index in [-0.39, 0.29) is 11.9 Å². The molecule has 29 heavy (non-hydrogen) atoms. The fraction of sp³-hybridized carbons (Fsp3) is 0.143. The SMILES string of the molecule is COc1cc(OC)nc(Oc2ccccc2C=NNC(=O)c2ccccc2C)n1. The fourth-order valence-corrected chi connectivity index (χ4v) is 2.47. The van der Waals surface area contributed by atoms with Crippen LogP contribution in [0.2, 0.25) is 0 Å². The van der Waals surface area contributed by atoms with E-state index < -0.39 is 0 Å². The van der Waals surface area contributed by atoms with Gasteiger partial charge in [-0.1, -0.05) is 30.3 Å². The van der Waals surface area contributed by atoms with E-state index in [1.807, 2.05) is 25.1 Å². The molecule has 0 radical (unpaired) electrons. The van der Waals surface area contributed by atoms with E-state index in [1.54, 1.807) is 36.4 Å². The second-order valence-electron chi connectivity index (χ2n) is 5.89. The van der Waals surface area contributed by atoms with Crippen LogP contribution >= 0.6 is 0 Å². The van der Waals surface area contributed by atoms with Gasteiger partial charge in [0, 0.05) is 11.1 Å². The maximum absolute atomic E-state index is 12.3. The molecule has 8 heteroatoms. The summed E-state index contributed by atoms with van der Waals surface area (Å²) in [4.78, 5) is 20.6. The Morgan fingerprint density at radius 3 is 2.34 bits per heavy atom. The van der Waals surface area contributed by atoms with Gasteiger partial charge in [0.05, 0.1) is 26.5 Å². The molecule has 0 saturated carbocycles. The Hall–Kier alpha value is -3.94. The Labute approximate surface area is 168 Å². The number of ether oxygens (including phenoxy) is 3. The average Bonchev–Trinajstić information content (AvgIpc) is 2.74. The summed E-state index contributed by atoms with van der Waals surface area (Å²) >= 11 is 0. The minimum Gasteiger partial charge on any atom is -0.481 e. The Balaban J connectivity index is 1.76. The van der Waals surface area contributed by atoms with Crippen molar-refractivity contribution < 1.29 is 19.0 Å². The number of rotatable bonds is 7. The van der Waals surface area contributed by atoms with Crippen LogP contribution in [0.3, 0.4) is 0 Å². The number of nitrogens with zero attached hydrogens (tertiary/aromatic N) is 3. The summed E-state index contributed by atoms with van der Waals surface area (Å²) in [5.41, 5.74) is 4.58. The van der Waals surface area contributed by atoms with Crippen LogP contribution in [0.1, 0.15) is 21.5 Å². The van der Waals surface area contributed by atoms with E-state index in [0.717, 1.165) is 5.56 Å². The summed E-state index contributed by atoms with van der Waals surface area (Å²) in [5, 5.41) is 4.03. The maximum Gasteiger partial charge on any atom is 0.328 e. The van der Waals surface area contributed by atoms with Gasteiger partial charge in [-0.05, 0) is 30.7 Å². The van der Waals surface area contributed by atoms with Crippen molar-refractivity contribution in [1.29, 1.82) is 0 Å². The predicted octanol–water partition coefficient (Wildman–Crippen LogP) is 3.36. The van der Waals surface area contributed by atoms with Gasteiger partial charge in [0.25, 0.3) is 5.91 Å². The van der Waals surface area contributed by atoms with Crippen LogP contribution in [-0.4, -0.2) is 36.3 Å². The van der Waals surface area contributed by atoms with Crippen molar-refractivity contribution >= 4 is 12.1 Å². The lowest BCUT2D eigenvalue weighted by Crippen LogP contribution is -2.18. The van der Waals surface area contributed by atoms with E-state index >= 15 is 0 Å². The van der Waals surface area contributed by atoms with E-state index in [0.29, 0.717) is 28.6 Å². The number of nitrogens with one attached hydrogen (secondary N) is 1. The summed E-state index contributed by atoms with van der Waals surface area (Å²) in [7, 11) is 2.98. The van der Waals surface area contributed by atoms with Crippen molar-refractivity contribution in [1.82, 2.24) is 15.4 Å². The minimum atomic E-state index is -0.293. The molecule has 1 N–H and O–H groups in total. The lowest BCUT2D eigenvalue weighted by molar-refractivity contribution is 0.0954. The molecule has 148 valence electrons. The highest BCUT2D eigenvalue weighted by molar-refractivity contribution is 5.96. The highest BCUT2D eigenvalue weighted by Gasteiger charge is 2.10. The first kappa shape index (κ1) is 19.8. The largest absolute Gasteiger partial charge is 0.481 e. The van der Waals surface area contributed by atoms with Crippen molar-refractivity contribution in [3.05, 3.63) is 71.3 Å². The molecule has 8 nitrogen and oxygen atoms in total. The van der Waals surface area contributed by atoms with Crippen molar-refractivity contribution in [3.8, 4) is 23.5 Å². The van der Waals surface area contributed by atoms with Gasteiger partial charge in [0.2, 0.25) is 11.8 Å². The maximum atomic E-state index is 12.3. The molecule has 3 rings (SSSR count). The van der Waals surface area contributed by atoms with E-state index in [9.17, 15) is 4.79 Å². The van der Waals surface area contributed by atoms with Crippen LogP contribution in [0.5, 0.6) is 23.5 Å². The van der Waals surface area contributed by atoms with Crippen molar-refractivity contribution in [2.24, 2.45) is 5.10 Å². The molecule has 0 bridgehead atoms. The molecule has 0 atom stereocenters. The topological polar surface area (TPSA) is 94.9 Å². The van der Waals surface area contributed by atoms with E-state index in [2.05, 4.69) is 20.5 Å². The number of aryl methyl sites for hydroxylation is 1. The molecule has 1 heterocycles. The standard InChI is InChI=1S/C21H20N4O4/c1-14-8-4-6-10-16(14)20(26)25-22-13-15-9-5-7-11-17(15)29-21-23-18(27-2)12-19(24-21)28-3/h4-13H,1-3H3,(H,25,26). The second kappa shape index (κ2) is 9.32. The molecule has 0 spiro atoms. The Morgan fingerprint density at radius 1 is 1.00 bits per heavy atom. The van der Waals surface area contributed by atoms with Gasteiger partial charge in [0.15, 0.2) is 0 Å².